The molecule has 0 spiro atoms. The summed E-state index contributed by atoms with van der Waals surface area (Å²) in [5.74, 6) is -6.80. The van der Waals surface area contributed by atoms with Gasteiger partial charge in [0.15, 0.2) is 23.6 Å². The maximum atomic E-state index is 15.6. The minimum absolute atomic E-state index is 0.0258. The number of benzene rings is 3. The third-order valence-corrected chi connectivity index (χ3v) is 14.0. The molecule has 2 saturated carbocycles. The first-order chi connectivity index (χ1) is 29.8. The lowest BCUT2D eigenvalue weighted by molar-refractivity contribution is -0.346. The predicted molar refractivity (Wildman–Crippen MR) is 222 cm³/mol. The normalized spacial score (nSPS) is 33.1. The monoisotopic (exact) mass is 867 g/mol. The zero-order valence-corrected chi connectivity index (χ0v) is 35.9. The van der Waals surface area contributed by atoms with E-state index in [9.17, 15) is 39.3 Å². The fourth-order valence-corrected chi connectivity index (χ4v) is 10.5. The van der Waals surface area contributed by atoms with Crippen molar-refractivity contribution >= 4 is 35.6 Å². The van der Waals surface area contributed by atoms with Crippen LogP contribution in [0.2, 0.25) is 0 Å². The number of aliphatic hydroxyl groups excluding tert-OH is 2. The molecule has 3 fully saturated rings. The Balaban J connectivity index is 1.41. The standard InChI is InChI=1S/C48H53NO14/c1-7-45(5)35-26(2)32(61-44(57)37(53)36(29-17-11-8-12-18-29)49-42(55)30-19-13-9-14-20-30)24-48(45,58)41(62-43(56)31-21-15-10-16-22-31)39-46(6,40(54)38(35)60-27(3)50)33(52)23-34-47(39,25-59-34)63-28(4)51/h8-22,32-34,36-39,41,52-53,58H,7,23-25H2,1-6H3,(H,49,55)/t32-,33-,34+,36-,37+,38+,39-,41-,45?,46+,47-,48+/m0/s1. The number of amides is 1. The van der Waals surface area contributed by atoms with Crippen molar-refractivity contribution < 1.29 is 67.8 Å². The van der Waals surface area contributed by atoms with Crippen molar-refractivity contribution in [2.24, 2.45) is 16.7 Å². The minimum atomic E-state index is -2.38. The summed E-state index contributed by atoms with van der Waals surface area (Å²) < 4.78 is 30.5. The van der Waals surface area contributed by atoms with Crippen molar-refractivity contribution in [2.45, 2.75) is 115 Å². The average molecular weight is 868 g/mol. The van der Waals surface area contributed by atoms with Crippen LogP contribution in [0, 0.1) is 16.7 Å². The summed E-state index contributed by atoms with van der Waals surface area (Å²) in [7, 11) is 0. The van der Waals surface area contributed by atoms with Gasteiger partial charge in [-0.2, -0.15) is 0 Å². The number of hydrogen-bond acceptors (Lipinski definition) is 14. The first-order valence-electron chi connectivity index (χ1n) is 21.0. The molecule has 7 rings (SSSR count). The van der Waals surface area contributed by atoms with Crippen molar-refractivity contribution in [3.8, 4) is 0 Å². The third-order valence-electron chi connectivity index (χ3n) is 14.0. The topological polar surface area (TPSA) is 221 Å². The second kappa shape index (κ2) is 17.1. The largest absolute Gasteiger partial charge is 0.456 e. The lowest BCUT2D eigenvalue weighted by Gasteiger charge is -2.67. The molecule has 334 valence electrons. The van der Waals surface area contributed by atoms with E-state index in [4.69, 9.17) is 23.7 Å². The van der Waals surface area contributed by atoms with Gasteiger partial charge >= 0.3 is 23.9 Å². The van der Waals surface area contributed by atoms with Gasteiger partial charge in [-0.05, 0) is 61.2 Å². The van der Waals surface area contributed by atoms with Gasteiger partial charge in [0.2, 0.25) is 0 Å². The fraction of sp³-hybridized carbons (Fsp3) is 0.458. The number of ketones is 1. The number of esters is 4. The summed E-state index contributed by atoms with van der Waals surface area (Å²) in [6.07, 6.45) is -10.5. The summed E-state index contributed by atoms with van der Waals surface area (Å²) in [5, 5.41) is 40.5. The van der Waals surface area contributed by atoms with Gasteiger partial charge in [0.1, 0.15) is 23.9 Å². The first kappa shape index (κ1) is 45.3. The van der Waals surface area contributed by atoms with Crippen LogP contribution in [0.15, 0.2) is 102 Å². The van der Waals surface area contributed by atoms with Crippen LogP contribution in [-0.2, 0) is 42.9 Å². The molecule has 1 saturated heterocycles. The molecular formula is C48H53NO14. The second-order valence-corrected chi connectivity index (χ2v) is 17.4. The number of carbonyl (C=O) groups excluding carboxylic acids is 6. The summed E-state index contributed by atoms with van der Waals surface area (Å²) in [5.41, 5.74) is -6.91. The molecule has 3 aliphatic carbocycles. The molecule has 15 heteroatoms. The molecule has 3 aromatic rings. The summed E-state index contributed by atoms with van der Waals surface area (Å²) in [4.78, 5) is 83.9. The number of Topliss-reactive ketones (excluding diaryl/α,β-unsaturated/α-hetero) is 1. The van der Waals surface area contributed by atoms with E-state index >= 15 is 4.79 Å². The van der Waals surface area contributed by atoms with E-state index in [1.54, 1.807) is 99.6 Å². The molecule has 12 atom stereocenters. The number of rotatable bonds is 11. The number of nitrogens with one attached hydrogen (secondary N) is 1. The van der Waals surface area contributed by atoms with Crippen LogP contribution >= 0.6 is 0 Å². The Morgan fingerprint density at radius 2 is 1.44 bits per heavy atom. The van der Waals surface area contributed by atoms with Crippen LogP contribution in [0.4, 0.5) is 0 Å². The molecule has 1 aliphatic heterocycles. The third kappa shape index (κ3) is 7.54. The summed E-state index contributed by atoms with van der Waals surface area (Å²) >= 11 is 0. The van der Waals surface area contributed by atoms with Gasteiger partial charge in [-0.1, -0.05) is 80.6 Å². The number of ether oxygens (including phenoxy) is 5. The van der Waals surface area contributed by atoms with E-state index in [-0.39, 0.29) is 41.7 Å². The lowest BCUT2D eigenvalue weighted by atomic mass is 9.44. The fourth-order valence-electron chi connectivity index (χ4n) is 10.5. The van der Waals surface area contributed by atoms with Gasteiger partial charge in [-0.3, -0.25) is 19.2 Å². The Kier molecular flexibility index (Phi) is 12.3. The Morgan fingerprint density at radius 1 is 0.857 bits per heavy atom. The van der Waals surface area contributed by atoms with Gasteiger partial charge < -0.3 is 44.3 Å². The molecule has 4 aliphatic rings. The Hall–Kier alpha value is -5.74. The van der Waals surface area contributed by atoms with Crippen LogP contribution in [0.1, 0.15) is 93.1 Å². The van der Waals surface area contributed by atoms with Gasteiger partial charge in [0.05, 0.1) is 35.6 Å². The second-order valence-electron chi connectivity index (χ2n) is 17.4. The van der Waals surface area contributed by atoms with E-state index in [1.165, 1.54) is 19.1 Å². The highest BCUT2D eigenvalue weighted by Gasteiger charge is 2.78. The number of carbonyl (C=O) groups is 6. The first-order valence-corrected chi connectivity index (χ1v) is 21.0. The molecule has 0 aromatic heterocycles. The minimum Gasteiger partial charge on any atom is -0.456 e. The Morgan fingerprint density at radius 3 is 1.98 bits per heavy atom. The number of aliphatic hydroxyl groups is 3. The highest BCUT2D eigenvalue weighted by atomic mass is 16.6. The average Bonchev–Trinajstić information content (AvgIpc) is 3.26. The summed E-state index contributed by atoms with van der Waals surface area (Å²) in [6.45, 7) is 8.23. The molecular weight excluding hydrogens is 815 g/mol. The van der Waals surface area contributed by atoms with Crippen LogP contribution in [0.3, 0.4) is 0 Å². The zero-order valence-electron chi connectivity index (χ0n) is 35.9. The molecule has 15 nitrogen and oxygen atoms in total. The molecule has 1 amide bonds. The zero-order chi connectivity index (χ0) is 45.6. The van der Waals surface area contributed by atoms with E-state index in [0.717, 1.165) is 13.8 Å². The molecule has 2 bridgehead atoms. The van der Waals surface area contributed by atoms with E-state index < -0.39 is 113 Å². The Bertz CT molecular complexity index is 2300. The molecule has 4 N–H and O–H groups in total. The van der Waals surface area contributed by atoms with Crippen molar-refractivity contribution in [2.75, 3.05) is 6.61 Å². The maximum absolute atomic E-state index is 15.6. The highest BCUT2D eigenvalue weighted by molar-refractivity contribution is 5.96. The molecule has 1 heterocycles. The Labute approximate surface area is 364 Å². The lowest BCUT2D eigenvalue weighted by Crippen LogP contribution is -2.82. The van der Waals surface area contributed by atoms with Crippen LogP contribution < -0.4 is 5.32 Å². The smallest absolute Gasteiger partial charge is 0.338 e. The SMILES string of the molecule is CCC1(C)C2=C(C)[C@@H](OC(=O)[C@H](O)[C@@H](NC(=O)c3ccccc3)c3ccccc3)C[C@@]1(O)[C@@H](OC(=O)c1ccccc1)[C@@H]1[C@]3(OC(C)=O)CO[C@@H]3C[C@H](O)[C@@]1(C)C(=O)[C@@H]2OC(C)=O. The van der Waals surface area contributed by atoms with Crippen LogP contribution in [0.25, 0.3) is 0 Å². The van der Waals surface area contributed by atoms with Gasteiger partial charge in [-0.25, -0.2) is 9.59 Å². The number of fused-ring (bicyclic) bond motifs is 5. The van der Waals surface area contributed by atoms with Crippen molar-refractivity contribution in [3.63, 3.8) is 0 Å². The van der Waals surface area contributed by atoms with Crippen molar-refractivity contribution in [3.05, 3.63) is 119 Å². The van der Waals surface area contributed by atoms with E-state index in [2.05, 4.69) is 5.32 Å². The molecule has 63 heavy (non-hydrogen) atoms. The van der Waals surface area contributed by atoms with Crippen LogP contribution in [0.5, 0.6) is 0 Å². The van der Waals surface area contributed by atoms with E-state index in [0.29, 0.717) is 5.56 Å². The van der Waals surface area contributed by atoms with Crippen molar-refractivity contribution in [1.82, 2.24) is 5.32 Å². The van der Waals surface area contributed by atoms with Gasteiger partial charge in [0, 0.05) is 37.7 Å². The highest BCUT2D eigenvalue weighted by Crippen LogP contribution is 2.65. The molecule has 3 aromatic carbocycles. The maximum Gasteiger partial charge on any atom is 0.338 e. The van der Waals surface area contributed by atoms with E-state index in [1.807, 2.05) is 0 Å². The van der Waals surface area contributed by atoms with Gasteiger partial charge in [0.25, 0.3) is 5.91 Å². The number of hydrogen-bond donors (Lipinski definition) is 4. The molecule has 0 radical (unpaired) electrons. The summed E-state index contributed by atoms with van der Waals surface area (Å²) in [6, 6.07) is 23.0. The molecule has 1 unspecified atom stereocenters. The predicted octanol–water partition coefficient (Wildman–Crippen LogP) is 4.13. The van der Waals surface area contributed by atoms with Crippen molar-refractivity contribution in [1.29, 1.82) is 0 Å². The van der Waals surface area contributed by atoms with Crippen LogP contribution in [-0.4, -0.2) is 105 Å². The quantitative estimate of drug-likeness (QED) is 0.121. The van der Waals surface area contributed by atoms with Gasteiger partial charge in [-0.15, -0.1) is 0 Å².